The van der Waals surface area contributed by atoms with Crippen LogP contribution in [-0.2, 0) is 4.74 Å². The second-order valence-electron chi connectivity index (χ2n) is 3.51. The minimum atomic E-state index is -0.142. The maximum Gasteiger partial charge on any atom is 0.252 e. The summed E-state index contributed by atoms with van der Waals surface area (Å²) in [6.45, 7) is 1.29. The Bertz CT molecular complexity index is 407. The fourth-order valence-corrected chi connectivity index (χ4v) is 1.94. The van der Waals surface area contributed by atoms with E-state index in [4.69, 9.17) is 16.3 Å². The van der Waals surface area contributed by atoms with Crippen molar-refractivity contribution in [2.75, 3.05) is 19.4 Å². The molecule has 1 atom stereocenters. The van der Waals surface area contributed by atoms with Crippen molar-refractivity contribution in [2.24, 2.45) is 0 Å². The minimum absolute atomic E-state index is 0.142. The third-order valence-corrected chi connectivity index (χ3v) is 3.37. The first-order valence-electron chi connectivity index (χ1n) is 4.94. The van der Waals surface area contributed by atoms with Gasteiger partial charge in [0.15, 0.2) is 0 Å². The van der Waals surface area contributed by atoms with Gasteiger partial charge in [0.1, 0.15) is 0 Å². The van der Waals surface area contributed by atoms with Crippen molar-refractivity contribution < 1.29 is 9.53 Å². The summed E-state index contributed by atoms with van der Waals surface area (Å²) in [5.74, 6) is -0.142. The number of epoxide rings is 1. The molecule has 1 aliphatic heterocycles. The lowest BCUT2D eigenvalue weighted by molar-refractivity contribution is 0.0950. The van der Waals surface area contributed by atoms with Crippen molar-refractivity contribution in [3.05, 3.63) is 28.8 Å². The molecule has 1 N–H and O–H groups in total. The van der Waals surface area contributed by atoms with Crippen LogP contribution in [0, 0.1) is 0 Å². The van der Waals surface area contributed by atoms with Crippen LogP contribution < -0.4 is 5.32 Å². The SMILES string of the molecule is CSc1ccc(Cl)c(C(=O)NC[C@H]2CO2)c1. The van der Waals surface area contributed by atoms with E-state index in [-0.39, 0.29) is 12.0 Å². The summed E-state index contributed by atoms with van der Waals surface area (Å²) in [4.78, 5) is 12.8. The molecule has 1 heterocycles. The Labute approximate surface area is 104 Å². The molecule has 1 amide bonds. The van der Waals surface area contributed by atoms with Crippen molar-refractivity contribution in [3.63, 3.8) is 0 Å². The maximum absolute atomic E-state index is 11.8. The second kappa shape index (κ2) is 5.08. The third kappa shape index (κ3) is 2.90. The van der Waals surface area contributed by atoms with Gasteiger partial charge >= 0.3 is 0 Å². The van der Waals surface area contributed by atoms with Crippen molar-refractivity contribution in [2.45, 2.75) is 11.0 Å². The van der Waals surface area contributed by atoms with Crippen LogP contribution in [0.2, 0.25) is 5.02 Å². The molecule has 0 bridgehead atoms. The van der Waals surface area contributed by atoms with E-state index in [2.05, 4.69) is 5.32 Å². The molecule has 0 radical (unpaired) electrons. The number of hydrogen-bond donors (Lipinski definition) is 1. The molecule has 1 saturated heterocycles. The van der Waals surface area contributed by atoms with Gasteiger partial charge < -0.3 is 10.1 Å². The van der Waals surface area contributed by atoms with Crippen LogP contribution >= 0.6 is 23.4 Å². The first-order valence-corrected chi connectivity index (χ1v) is 6.54. The molecule has 1 aliphatic rings. The number of ether oxygens (including phenoxy) is 1. The van der Waals surface area contributed by atoms with Gasteiger partial charge in [0.25, 0.3) is 5.91 Å². The standard InChI is InChI=1S/C11H12ClNO2S/c1-16-8-2-3-10(12)9(4-8)11(14)13-5-7-6-15-7/h2-4,7H,5-6H2,1H3,(H,13,14)/t7-/m0/s1. The van der Waals surface area contributed by atoms with E-state index in [1.807, 2.05) is 12.3 Å². The van der Waals surface area contributed by atoms with Gasteiger partial charge in [-0.3, -0.25) is 4.79 Å². The Morgan fingerprint density at radius 3 is 3.06 bits per heavy atom. The molecule has 86 valence electrons. The normalized spacial score (nSPS) is 18.2. The number of nitrogens with one attached hydrogen (secondary N) is 1. The number of rotatable bonds is 4. The number of carbonyl (C=O) groups is 1. The summed E-state index contributed by atoms with van der Waals surface area (Å²) in [5.41, 5.74) is 0.522. The van der Waals surface area contributed by atoms with Gasteiger partial charge in [0.05, 0.1) is 23.3 Å². The summed E-state index contributed by atoms with van der Waals surface area (Å²) in [5, 5.41) is 3.27. The minimum Gasteiger partial charge on any atom is -0.371 e. The Kier molecular flexibility index (Phi) is 3.74. The van der Waals surface area contributed by atoms with Crippen LogP contribution in [0.25, 0.3) is 0 Å². The van der Waals surface area contributed by atoms with E-state index in [0.717, 1.165) is 11.5 Å². The number of carbonyl (C=O) groups excluding carboxylic acids is 1. The topological polar surface area (TPSA) is 41.6 Å². The summed E-state index contributed by atoms with van der Waals surface area (Å²) >= 11 is 7.56. The summed E-state index contributed by atoms with van der Waals surface area (Å²) in [7, 11) is 0. The quantitative estimate of drug-likeness (QED) is 0.664. The molecule has 3 nitrogen and oxygen atoms in total. The van der Waals surface area contributed by atoms with Crippen LogP contribution in [0.3, 0.4) is 0 Å². The second-order valence-corrected chi connectivity index (χ2v) is 4.80. The molecular formula is C11H12ClNO2S. The summed E-state index contributed by atoms with van der Waals surface area (Å²) in [6.07, 6.45) is 2.15. The van der Waals surface area contributed by atoms with E-state index in [0.29, 0.717) is 17.1 Å². The van der Waals surface area contributed by atoms with E-state index in [9.17, 15) is 4.79 Å². The highest BCUT2D eigenvalue weighted by molar-refractivity contribution is 7.98. The van der Waals surface area contributed by atoms with E-state index >= 15 is 0 Å². The number of benzene rings is 1. The molecule has 1 aromatic rings. The lowest BCUT2D eigenvalue weighted by Crippen LogP contribution is -2.27. The molecule has 0 aliphatic carbocycles. The molecule has 0 saturated carbocycles. The number of amides is 1. The van der Waals surface area contributed by atoms with Crippen LogP contribution in [-0.4, -0.2) is 31.4 Å². The molecule has 16 heavy (non-hydrogen) atoms. The molecule has 1 fully saturated rings. The van der Waals surface area contributed by atoms with Gasteiger partial charge in [-0.2, -0.15) is 0 Å². The lowest BCUT2D eigenvalue weighted by Gasteiger charge is -2.06. The van der Waals surface area contributed by atoms with Crippen LogP contribution in [0.15, 0.2) is 23.1 Å². The van der Waals surface area contributed by atoms with Crippen molar-refractivity contribution in [3.8, 4) is 0 Å². The molecule has 1 aromatic carbocycles. The highest BCUT2D eigenvalue weighted by Crippen LogP contribution is 2.23. The number of thioether (sulfide) groups is 1. The molecule has 0 unspecified atom stereocenters. The highest BCUT2D eigenvalue weighted by Gasteiger charge is 2.23. The van der Waals surface area contributed by atoms with Gasteiger partial charge in [-0.1, -0.05) is 11.6 Å². The van der Waals surface area contributed by atoms with E-state index in [1.54, 1.807) is 23.9 Å². The Morgan fingerprint density at radius 1 is 1.69 bits per heavy atom. The van der Waals surface area contributed by atoms with Crippen LogP contribution in [0.4, 0.5) is 0 Å². The highest BCUT2D eigenvalue weighted by atomic mass is 35.5. The number of hydrogen-bond acceptors (Lipinski definition) is 3. The molecular weight excluding hydrogens is 246 g/mol. The third-order valence-electron chi connectivity index (χ3n) is 2.31. The molecule has 0 aromatic heterocycles. The molecule has 5 heteroatoms. The smallest absolute Gasteiger partial charge is 0.252 e. The van der Waals surface area contributed by atoms with Gasteiger partial charge in [-0.05, 0) is 24.5 Å². The zero-order valence-corrected chi connectivity index (χ0v) is 10.4. The fraction of sp³-hybridized carbons (Fsp3) is 0.364. The Balaban J connectivity index is 2.07. The van der Waals surface area contributed by atoms with Crippen molar-refractivity contribution in [1.29, 1.82) is 0 Å². The predicted molar refractivity (Wildman–Crippen MR) is 65.3 cm³/mol. The van der Waals surface area contributed by atoms with E-state index in [1.165, 1.54) is 0 Å². The van der Waals surface area contributed by atoms with Gasteiger partial charge in [-0.25, -0.2) is 0 Å². The first-order chi connectivity index (χ1) is 7.70. The zero-order chi connectivity index (χ0) is 11.5. The van der Waals surface area contributed by atoms with Gasteiger partial charge in [0.2, 0.25) is 0 Å². The van der Waals surface area contributed by atoms with Gasteiger partial charge in [-0.15, -0.1) is 11.8 Å². The van der Waals surface area contributed by atoms with Crippen molar-refractivity contribution >= 4 is 29.3 Å². The maximum atomic E-state index is 11.8. The largest absolute Gasteiger partial charge is 0.371 e. The van der Waals surface area contributed by atoms with Crippen LogP contribution in [0.5, 0.6) is 0 Å². The Morgan fingerprint density at radius 2 is 2.44 bits per heavy atom. The summed E-state index contributed by atoms with van der Waals surface area (Å²) in [6, 6.07) is 5.44. The van der Waals surface area contributed by atoms with Crippen LogP contribution in [0.1, 0.15) is 10.4 Å². The lowest BCUT2D eigenvalue weighted by atomic mass is 10.2. The predicted octanol–water partition coefficient (Wildman–Crippen LogP) is 2.19. The summed E-state index contributed by atoms with van der Waals surface area (Å²) < 4.78 is 5.02. The number of halogens is 1. The van der Waals surface area contributed by atoms with Gasteiger partial charge in [0, 0.05) is 11.4 Å². The average molecular weight is 258 g/mol. The van der Waals surface area contributed by atoms with Crippen molar-refractivity contribution in [1.82, 2.24) is 5.32 Å². The molecule has 2 rings (SSSR count). The monoisotopic (exact) mass is 257 g/mol. The Hall–Kier alpha value is -0.710. The zero-order valence-electron chi connectivity index (χ0n) is 8.83. The fourth-order valence-electron chi connectivity index (χ4n) is 1.29. The first kappa shape index (κ1) is 11.8. The average Bonchev–Trinajstić information content (AvgIpc) is 3.10. The van der Waals surface area contributed by atoms with E-state index < -0.39 is 0 Å². The molecule has 0 spiro atoms.